The number of benzene rings is 2. The van der Waals surface area contributed by atoms with E-state index in [1.807, 2.05) is 12.1 Å². The minimum Gasteiger partial charge on any atom is -0.491 e. The number of aliphatic hydroxyl groups is 1. The van der Waals surface area contributed by atoms with Crippen molar-refractivity contribution in [1.82, 2.24) is 14.7 Å². The molecule has 8 nitrogen and oxygen atoms in total. The van der Waals surface area contributed by atoms with Crippen molar-refractivity contribution >= 4 is 5.91 Å². The van der Waals surface area contributed by atoms with E-state index >= 15 is 0 Å². The van der Waals surface area contributed by atoms with Gasteiger partial charge in [-0.05, 0) is 29.7 Å². The van der Waals surface area contributed by atoms with Crippen LogP contribution in [0.15, 0.2) is 42.5 Å². The van der Waals surface area contributed by atoms with Crippen molar-refractivity contribution in [1.29, 1.82) is 0 Å². The molecule has 1 unspecified atom stereocenters. The van der Waals surface area contributed by atoms with E-state index in [0.29, 0.717) is 43.6 Å². The molecule has 8 heteroatoms. The highest BCUT2D eigenvalue weighted by Crippen LogP contribution is 2.30. The average Bonchev–Trinajstić information content (AvgIpc) is 2.95. The van der Waals surface area contributed by atoms with Crippen molar-refractivity contribution in [2.75, 3.05) is 59.1 Å². The third-order valence-electron chi connectivity index (χ3n) is 7.52. The molecule has 35 heavy (non-hydrogen) atoms. The Morgan fingerprint density at radius 3 is 2.69 bits per heavy atom. The second kappa shape index (κ2) is 9.78. The Morgan fingerprint density at radius 2 is 1.89 bits per heavy atom. The third-order valence-corrected chi connectivity index (χ3v) is 7.52. The van der Waals surface area contributed by atoms with Crippen LogP contribution in [0.4, 0.5) is 0 Å². The maximum Gasteiger partial charge on any atom is 0.257 e. The molecule has 2 aromatic carbocycles. The number of likely N-dealkylation sites (tertiary alicyclic amines) is 1. The maximum atomic E-state index is 13.2. The summed E-state index contributed by atoms with van der Waals surface area (Å²) in [5, 5.41) is 10.8. The van der Waals surface area contributed by atoms with Crippen LogP contribution in [0.3, 0.4) is 0 Å². The molecule has 1 atom stereocenters. The Hall–Kier alpha value is -2.65. The SMILES string of the molecule is O=C1c2ccc(OC3CN(C4COC4)C3)cc2OCCN1CC(O)CN1CCc2ccccc2C1. The van der Waals surface area contributed by atoms with Gasteiger partial charge in [0.25, 0.3) is 5.91 Å². The minimum atomic E-state index is -0.615. The number of ether oxygens (including phenoxy) is 3. The minimum absolute atomic E-state index is 0.105. The predicted molar refractivity (Wildman–Crippen MR) is 130 cm³/mol. The van der Waals surface area contributed by atoms with Crippen molar-refractivity contribution in [3.63, 3.8) is 0 Å². The highest BCUT2D eigenvalue weighted by atomic mass is 16.5. The standard InChI is InChI=1S/C27H33N3O5/c31-22(13-28-8-7-19-3-1-2-4-20(19)12-28)14-29-9-10-34-26-11-23(5-6-25(26)27(29)32)35-24-15-30(16-24)21-17-33-18-21/h1-6,11,21-22,24,31H,7-10,12-18H2. The van der Waals surface area contributed by atoms with Crippen LogP contribution in [0.25, 0.3) is 0 Å². The second-order valence-corrected chi connectivity index (χ2v) is 10.1. The first-order chi connectivity index (χ1) is 17.1. The fourth-order valence-corrected chi connectivity index (χ4v) is 5.37. The zero-order chi connectivity index (χ0) is 23.8. The van der Waals surface area contributed by atoms with Gasteiger partial charge in [0.15, 0.2) is 0 Å². The van der Waals surface area contributed by atoms with Crippen LogP contribution in [0.2, 0.25) is 0 Å². The number of fused-ring (bicyclic) bond motifs is 2. The quantitative estimate of drug-likeness (QED) is 0.644. The summed E-state index contributed by atoms with van der Waals surface area (Å²) >= 11 is 0. The van der Waals surface area contributed by atoms with Crippen molar-refractivity contribution in [3.05, 3.63) is 59.2 Å². The number of rotatable bonds is 7. The second-order valence-electron chi connectivity index (χ2n) is 10.1. The molecule has 4 heterocycles. The van der Waals surface area contributed by atoms with Gasteiger partial charge in [0.05, 0.1) is 37.5 Å². The van der Waals surface area contributed by atoms with E-state index in [4.69, 9.17) is 14.2 Å². The molecule has 2 saturated heterocycles. The van der Waals surface area contributed by atoms with Crippen molar-refractivity contribution < 1.29 is 24.1 Å². The fourth-order valence-electron chi connectivity index (χ4n) is 5.37. The van der Waals surface area contributed by atoms with Gasteiger partial charge in [0.2, 0.25) is 0 Å². The smallest absolute Gasteiger partial charge is 0.257 e. The van der Waals surface area contributed by atoms with Gasteiger partial charge in [-0.3, -0.25) is 14.6 Å². The van der Waals surface area contributed by atoms with Gasteiger partial charge in [-0.25, -0.2) is 0 Å². The molecule has 2 fully saturated rings. The van der Waals surface area contributed by atoms with E-state index in [9.17, 15) is 9.90 Å². The number of β-amino-alcohol motifs (C(OH)–C–C–N with tert-alkyl or cyclic N) is 1. The normalized spacial score (nSPS) is 22.3. The maximum absolute atomic E-state index is 13.2. The molecule has 1 N–H and O–H groups in total. The summed E-state index contributed by atoms with van der Waals surface area (Å²) in [5.41, 5.74) is 3.24. The predicted octanol–water partition coefficient (Wildman–Crippen LogP) is 1.40. The summed E-state index contributed by atoms with van der Waals surface area (Å²) in [7, 11) is 0. The van der Waals surface area contributed by atoms with E-state index < -0.39 is 6.10 Å². The lowest BCUT2D eigenvalue weighted by molar-refractivity contribution is -0.115. The molecule has 2 aromatic rings. The van der Waals surface area contributed by atoms with Crippen molar-refractivity contribution in [2.45, 2.75) is 31.2 Å². The molecule has 0 bridgehead atoms. The Bertz CT molecular complexity index is 1070. The Balaban J connectivity index is 1.04. The molecule has 0 aromatic heterocycles. The molecule has 1 amide bonds. The summed E-state index contributed by atoms with van der Waals surface area (Å²) in [6, 6.07) is 14.5. The highest BCUT2D eigenvalue weighted by molar-refractivity contribution is 5.97. The lowest BCUT2D eigenvalue weighted by Crippen LogP contribution is -2.62. The first kappa shape index (κ1) is 22.8. The number of carbonyl (C=O) groups is 1. The lowest BCUT2D eigenvalue weighted by Gasteiger charge is -2.46. The Morgan fingerprint density at radius 1 is 1.06 bits per heavy atom. The first-order valence-electron chi connectivity index (χ1n) is 12.6. The van der Waals surface area contributed by atoms with E-state index in [0.717, 1.165) is 51.6 Å². The van der Waals surface area contributed by atoms with E-state index in [1.54, 1.807) is 11.0 Å². The first-order valence-corrected chi connectivity index (χ1v) is 12.6. The van der Waals surface area contributed by atoms with Crippen LogP contribution in [0.1, 0.15) is 21.5 Å². The van der Waals surface area contributed by atoms with Crippen LogP contribution in [-0.2, 0) is 17.7 Å². The van der Waals surface area contributed by atoms with Crippen molar-refractivity contribution in [3.8, 4) is 11.5 Å². The van der Waals surface area contributed by atoms with Crippen LogP contribution in [0.5, 0.6) is 11.5 Å². The van der Waals surface area contributed by atoms with Gasteiger partial charge in [0, 0.05) is 45.3 Å². The monoisotopic (exact) mass is 479 g/mol. The number of hydrogen-bond donors (Lipinski definition) is 1. The summed E-state index contributed by atoms with van der Waals surface area (Å²) < 4.78 is 17.3. The van der Waals surface area contributed by atoms with E-state index in [2.05, 4.69) is 34.1 Å². The Kier molecular flexibility index (Phi) is 6.37. The molecule has 0 saturated carbocycles. The zero-order valence-corrected chi connectivity index (χ0v) is 20.0. The van der Waals surface area contributed by atoms with Crippen molar-refractivity contribution in [2.24, 2.45) is 0 Å². The van der Waals surface area contributed by atoms with Gasteiger partial charge in [-0.2, -0.15) is 0 Å². The number of amides is 1. The Labute approximate surface area is 206 Å². The van der Waals surface area contributed by atoms with Crippen LogP contribution in [0, 0.1) is 0 Å². The summed E-state index contributed by atoms with van der Waals surface area (Å²) in [6.45, 7) is 6.88. The number of nitrogens with zero attached hydrogens (tertiary/aromatic N) is 3. The van der Waals surface area contributed by atoms with Crippen LogP contribution in [-0.4, -0.2) is 103 Å². The number of aliphatic hydroxyl groups excluding tert-OH is 1. The molecule has 0 aliphatic carbocycles. The van der Waals surface area contributed by atoms with Gasteiger partial charge in [0.1, 0.15) is 24.2 Å². The summed E-state index contributed by atoms with van der Waals surface area (Å²) in [4.78, 5) is 19.6. The number of carbonyl (C=O) groups excluding carboxylic acids is 1. The number of hydrogen-bond acceptors (Lipinski definition) is 7. The lowest BCUT2D eigenvalue weighted by atomic mass is 10.00. The molecule has 0 radical (unpaired) electrons. The fraction of sp³-hybridized carbons (Fsp3) is 0.519. The molecule has 4 aliphatic rings. The largest absolute Gasteiger partial charge is 0.491 e. The van der Waals surface area contributed by atoms with E-state index in [-0.39, 0.29) is 12.0 Å². The molecule has 6 rings (SSSR count). The molecule has 4 aliphatic heterocycles. The van der Waals surface area contributed by atoms with Crippen LogP contribution < -0.4 is 9.47 Å². The molecule has 0 spiro atoms. The van der Waals surface area contributed by atoms with Gasteiger partial charge in [-0.15, -0.1) is 0 Å². The van der Waals surface area contributed by atoms with Gasteiger partial charge >= 0.3 is 0 Å². The average molecular weight is 480 g/mol. The summed E-state index contributed by atoms with van der Waals surface area (Å²) in [5.74, 6) is 1.18. The van der Waals surface area contributed by atoms with Gasteiger partial charge in [-0.1, -0.05) is 24.3 Å². The summed E-state index contributed by atoms with van der Waals surface area (Å²) in [6.07, 6.45) is 0.532. The van der Waals surface area contributed by atoms with E-state index in [1.165, 1.54) is 11.1 Å². The van der Waals surface area contributed by atoms with Gasteiger partial charge < -0.3 is 24.2 Å². The third kappa shape index (κ3) is 4.89. The molecular formula is C27H33N3O5. The molecular weight excluding hydrogens is 446 g/mol. The topological polar surface area (TPSA) is 74.7 Å². The molecule has 186 valence electrons. The van der Waals surface area contributed by atoms with Crippen LogP contribution >= 0.6 is 0 Å². The highest BCUT2D eigenvalue weighted by Gasteiger charge is 2.37. The zero-order valence-electron chi connectivity index (χ0n) is 20.0.